The lowest BCUT2D eigenvalue weighted by Crippen LogP contribution is -2.62. The summed E-state index contributed by atoms with van der Waals surface area (Å²) in [4.78, 5) is 18.9. The van der Waals surface area contributed by atoms with Gasteiger partial charge in [-0.1, -0.05) is 30.3 Å². The molecule has 1 saturated carbocycles. The van der Waals surface area contributed by atoms with E-state index in [2.05, 4.69) is 15.4 Å². The van der Waals surface area contributed by atoms with Gasteiger partial charge in [0.1, 0.15) is 10.8 Å². The molecule has 3 heterocycles. The molecule has 1 amide bonds. The van der Waals surface area contributed by atoms with Gasteiger partial charge in [0, 0.05) is 25.1 Å². The third kappa shape index (κ3) is 4.22. The maximum absolute atomic E-state index is 14.6. The zero-order chi connectivity index (χ0) is 23.9. The van der Waals surface area contributed by atoms with Crippen LogP contribution in [-0.2, 0) is 11.2 Å². The number of halogens is 2. The smallest absolute Gasteiger partial charge is 0.269 e. The Bertz CT molecular complexity index is 1240. The van der Waals surface area contributed by atoms with Crippen molar-refractivity contribution in [2.45, 2.75) is 61.8 Å². The van der Waals surface area contributed by atoms with Gasteiger partial charge in [-0.2, -0.15) is 5.10 Å². The summed E-state index contributed by atoms with van der Waals surface area (Å²) in [5, 5.41) is 7.07. The molecule has 0 bridgehead atoms. The molecule has 2 aliphatic rings. The molecule has 3 atom stereocenters. The van der Waals surface area contributed by atoms with Crippen molar-refractivity contribution in [1.29, 1.82) is 0 Å². The average molecular weight is 484 g/mol. The Morgan fingerprint density at radius 2 is 2.06 bits per heavy atom. The number of rotatable bonds is 5. The monoisotopic (exact) mass is 483 g/mol. The number of hydrogen-bond acceptors (Lipinski definition) is 5. The minimum Gasteiger partial charge on any atom is -0.345 e. The Balaban J connectivity index is 1.47. The van der Waals surface area contributed by atoms with Crippen molar-refractivity contribution in [1.82, 2.24) is 19.9 Å². The number of imidazole rings is 1. The van der Waals surface area contributed by atoms with E-state index >= 15 is 0 Å². The molecular weight excluding hydrogens is 456 g/mol. The summed E-state index contributed by atoms with van der Waals surface area (Å²) < 4.78 is 30.0. The van der Waals surface area contributed by atoms with E-state index < -0.39 is 28.7 Å². The molecule has 3 aromatic rings. The van der Waals surface area contributed by atoms with Gasteiger partial charge in [-0.25, -0.2) is 18.3 Å². The maximum Gasteiger partial charge on any atom is 0.269 e. The van der Waals surface area contributed by atoms with Gasteiger partial charge in [0.25, 0.3) is 5.92 Å². The van der Waals surface area contributed by atoms with Crippen molar-refractivity contribution in [3.63, 3.8) is 0 Å². The Labute approximate surface area is 201 Å². The molecule has 34 heavy (non-hydrogen) atoms. The third-order valence-electron chi connectivity index (χ3n) is 6.69. The summed E-state index contributed by atoms with van der Waals surface area (Å²) in [6, 6.07) is 11.6. The lowest BCUT2D eigenvalue weighted by Gasteiger charge is -2.38. The number of allylic oxidation sites excluding steroid dienone is 2. The fourth-order valence-electron chi connectivity index (χ4n) is 4.84. The topological polar surface area (TPSA) is 85.3 Å². The van der Waals surface area contributed by atoms with Crippen LogP contribution >= 0.6 is 11.8 Å². The van der Waals surface area contributed by atoms with E-state index in [-0.39, 0.29) is 6.42 Å². The van der Waals surface area contributed by atoms with Crippen LogP contribution in [0.25, 0.3) is 11.2 Å². The first kappa shape index (κ1) is 23.0. The van der Waals surface area contributed by atoms with Gasteiger partial charge in [0.2, 0.25) is 5.91 Å². The van der Waals surface area contributed by atoms with E-state index in [0.717, 1.165) is 21.7 Å². The van der Waals surface area contributed by atoms with Gasteiger partial charge in [-0.05, 0) is 54.4 Å². The van der Waals surface area contributed by atoms with Crippen LogP contribution in [0.2, 0.25) is 0 Å². The number of nitrogens with two attached hydrogens (primary N) is 1. The van der Waals surface area contributed by atoms with E-state index in [1.807, 2.05) is 49.4 Å². The van der Waals surface area contributed by atoms with E-state index in [4.69, 9.17) is 5.73 Å². The molecule has 2 aromatic heterocycles. The highest BCUT2D eigenvalue weighted by atomic mass is 32.2. The van der Waals surface area contributed by atoms with Crippen LogP contribution in [0.1, 0.15) is 43.9 Å². The van der Waals surface area contributed by atoms with Gasteiger partial charge in [0.15, 0.2) is 5.65 Å². The molecule has 1 aliphatic carbocycles. The Hall–Kier alpha value is -2.78. The Morgan fingerprint density at radius 1 is 1.26 bits per heavy atom. The van der Waals surface area contributed by atoms with Crippen molar-refractivity contribution in [3.05, 3.63) is 71.0 Å². The standard InChI is InChI=1S/C25H27F2N5OS/c1-24(23(33)31-22-18(28)9-5-11-25(22,26)27)14-17(19-15-29-21-10-6-12-30-32(19)21)20(34-24)13-16-7-3-2-4-8-16/h2-4,6-8,10,12,15,18,22H,5,9,11,13-14,28H2,1H3,(H,31,33)/t18-,22?,24?/m1/s1. The van der Waals surface area contributed by atoms with Crippen molar-refractivity contribution in [2.24, 2.45) is 5.73 Å². The molecular formula is C25H27F2N5OS. The van der Waals surface area contributed by atoms with Gasteiger partial charge >= 0.3 is 0 Å². The molecule has 3 N–H and O–H groups in total. The zero-order valence-electron chi connectivity index (χ0n) is 18.9. The fourth-order valence-corrected chi connectivity index (χ4v) is 6.29. The summed E-state index contributed by atoms with van der Waals surface area (Å²) in [6.45, 7) is 1.81. The number of alkyl halides is 2. The second-order valence-corrected chi connectivity index (χ2v) is 10.9. The molecule has 0 saturated heterocycles. The molecule has 5 rings (SSSR count). The number of benzene rings is 1. The normalized spacial score (nSPS) is 26.7. The molecule has 0 radical (unpaired) electrons. The van der Waals surface area contributed by atoms with Gasteiger partial charge < -0.3 is 11.1 Å². The second-order valence-electron chi connectivity index (χ2n) is 9.28. The summed E-state index contributed by atoms with van der Waals surface area (Å²) in [5.74, 6) is -3.43. The molecule has 1 fully saturated rings. The van der Waals surface area contributed by atoms with Crippen molar-refractivity contribution < 1.29 is 13.6 Å². The minimum atomic E-state index is -3.01. The summed E-state index contributed by atoms with van der Waals surface area (Å²) in [6.07, 6.45) is 5.04. The number of carbonyl (C=O) groups is 1. The predicted octanol–water partition coefficient (Wildman–Crippen LogP) is 4.21. The van der Waals surface area contributed by atoms with Crippen molar-refractivity contribution >= 4 is 28.9 Å². The average Bonchev–Trinajstić information content (AvgIpc) is 3.38. The van der Waals surface area contributed by atoms with Crippen LogP contribution in [0.3, 0.4) is 0 Å². The highest BCUT2D eigenvalue weighted by Gasteiger charge is 2.50. The van der Waals surface area contributed by atoms with E-state index in [9.17, 15) is 13.6 Å². The van der Waals surface area contributed by atoms with Crippen LogP contribution in [0, 0.1) is 0 Å². The van der Waals surface area contributed by atoms with Crippen LogP contribution < -0.4 is 11.1 Å². The van der Waals surface area contributed by atoms with Crippen LogP contribution in [0.15, 0.2) is 59.8 Å². The van der Waals surface area contributed by atoms with Gasteiger partial charge in [0.05, 0.1) is 11.9 Å². The van der Waals surface area contributed by atoms with Gasteiger partial charge in [-0.3, -0.25) is 4.79 Å². The molecule has 0 spiro atoms. The highest BCUT2D eigenvalue weighted by molar-refractivity contribution is 8.05. The summed E-state index contributed by atoms with van der Waals surface area (Å²) in [7, 11) is 0. The molecule has 178 valence electrons. The number of aromatic nitrogens is 3. The van der Waals surface area contributed by atoms with Crippen molar-refractivity contribution in [3.8, 4) is 0 Å². The first-order valence-electron chi connectivity index (χ1n) is 11.5. The van der Waals surface area contributed by atoms with Gasteiger partial charge in [-0.15, -0.1) is 11.8 Å². The van der Waals surface area contributed by atoms with E-state index in [1.54, 1.807) is 16.9 Å². The second kappa shape index (κ2) is 8.78. The molecule has 1 aromatic carbocycles. The number of amides is 1. The quantitative estimate of drug-likeness (QED) is 0.568. The third-order valence-corrected chi connectivity index (χ3v) is 8.11. The maximum atomic E-state index is 14.6. The molecule has 1 aliphatic heterocycles. The SMILES string of the molecule is CC1(C(=O)NC2[C@H](N)CCCC2(F)F)CC(c2cnc3cccnn23)=C(Cc2ccccc2)S1. The molecule has 6 nitrogen and oxygen atoms in total. The van der Waals surface area contributed by atoms with Crippen LogP contribution in [0.5, 0.6) is 0 Å². The molecule has 2 unspecified atom stereocenters. The fraction of sp³-hybridized carbons (Fsp3) is 0.400. The van der Waals surface area contributed by atoms with Crippen molar-refractivity contribution in [2.75, 3.05) is 0 Å². The number of nitrogens with one attached hydrogen (secondary N) is 1. The zero-order valence-corrected chi connectivity index (χ0v) is 19.7. The number of fused-ring (bicyclic) bond motifs is 1. The summed E-state index contributed by atoms with van der Waals surface area (Å²) >= 11 is 1.43. The van der Waals surface area contributed by atoms with E-state index in [1.165, 1.54) is 11.8 Å². The highest BCUT2D eigenvalue weighted by Crippen LogP contribution is 2.51. The lowest BCUT2D eigenvalue weighted by molar-refractivity contribution is -0.130. The Kier molecular flexibility index (Phi) is 5.93. The molecule has 9 heteroatoms. The largest absolute Gasteiger partial charge is 0.345 e. The first-order valence-corrected chi connectivity index (χ1v) is 12.3. The number of hydrogen-bond donors (Lipinski definition) is 2. The number of carbonyl (C=O) groups excluding carboxylic acids is 1. The Morgan fingerprint density at radius 3 is 2.82 bits per heavy atom. The predicted molar refractivity (Wildman–Crippen MR) is 129 cm³/mol. The number of thioether (sulfide) groups is 1. The number of nitrogens with zero attached hydrogens (tertiary/aromatic N) is 3. The van der Waals surface area contributed by atoms with Crippen LogP contribution in [0.4, 0.5) is 8.78 Å². The summed E-state index contributed by atoms with van der Waals surface area (Å²) in [5.41, 5.74) is 9.59. The first-order chi connectivity index (χ1) is 16.3. The van der Waals surface area contributed by atoms with Crippen LogP contribution in [-0.4, -0.2) is 43.3 Å². The lowest BCUT2D eigenvalue weighted by atomic mass is 9.86. The van der Waals surface area contributed by atoms with E-state index in [0.29, 0.717) is 31.3 Å². The minimum absolute atomic E-state index is 0.258.